The Bertz CT molecular complexity index is 363. The Morgan fingerprint density at radius 1 is 1.33 bits per heavy atom. The Kier molecular flexibility index (Phi) is 2.47. The standard InChI is InChI=1S/C10H13N3O2/c1-2-12-7-11-13(10(12)15)8-3-5-9(14)6-4-8/h3-7,10,14-15H,2H2,1H3. The molecule has 0 radical (unpaired) electrons. The Morgan fingerprint density at radius 3 is 2.53 bits per heavy atom. The van der Waals surface area contributed by atoms with Gasteiger partial charge in [0.25, 0.3) is 0 Å². The third-order valence-electron chi connectivity index (χ3n) is 2.32. The highest BCUT2D eigenvalue weighted by Crippen LogP contribution is 2.23. The zero-order valence-corrected chi connectivity index (χ0v) is 8.41. The maximum absolute atomic E-state index is 9.84. The van der Waals surface area contributed by atoms with Gasteiger partial charge >= 0.3 is 0 Å². The van der Waals surface area contributed by atoms with Crippen LogP contribution in [0.4, 0.5) is 5.69 Å². The van der Waals surface area contributed by atoms with E-state index in [1.165, 1.54) is 5.01 Å². The van der Waals surface area contributed by atoms with Crippen LogP contribution in [0.5, 0.6) is 5.75 Å². The van der Waals surface area contributed by atoms with Crippen LogP contribution >= 0.6 is 0 Å². The lowest BCUT2D eigenvalue weighted by Gasteiger charge is -2.24. The summed E-state index contributed by atoms with van der Waals surface area (Å²) >= 11 is 0. The lowest BCUT2D eigenvalue weighted by Crippen LogP contribution is -2.39. The molecule has 0 fully saturated rings. The van der Waals surface area contributed by atoms with Crippen LogP contribution in [-0.4, -0.2) is 34.3 Å². The van der Waals surface area contributed by atoms with Crippen molar-refractivity contribution in [3.8, 4) is 5.75 Å². The molecule has 1 atom stereocenters. The number of hydrogen-bond donors (Lipinski definition) is 2. The molecule has 0 aromatic heterocycles. The van der Waals surface area contributed by atoms with Crippen LogP contribution in [0.25, 0.3) is 0 Å². The first-order valence-electron chi connectivity index (χ1n) is 4.78. The Balaban J connectivity index is 2.19. The zero-order chi connectivity index (χ0) is 10.8. The van der Waals surface area contributed by atoms with E-state index in [-0.39, 0.29) is 5.75 Å². The molecule has 80 valence electrons. The molecule has 1 aliphatic rings. The van der Waals surface area contributed by atoms with Crippen LogP contribution in [0.1, 0.15) is 6.92 Å². The first kappa shape index (κ1) is 9.79. The minimum Gasteiger partial charge on any atom is -0.508 e. The molecule has 0 saturated heterocycles. The fourth-order valence-corrected chi connectivity index (χ4v) is 1.43. The average molecular weight is 207 g/mol. The summed E-state index contributed by atoms with van der Waals surface area (Å²) in [5.74, 6) is 0.198. The Morgan fingerprint density at radius 2 is 2.00 bits per heavy atom. The molecule has 1 unspecified atom stereocenters. The molecule has 0 amide bonds. The first-order chi connectivity index (χ1) is 7.22. The van der Waals surface area contributed by atoms with E-state index in [9.17, 15) is 5.11 Å². The van der Waals surface area contributed by atoms with E-state index in [0.29, 0.717) is 6.54 Å². The predicted octanol–water partition coefficient (Wildman–Crippen LogP) is 0.753. The van der Waals surface area contributed by atoms with Gasteiger partial charge in [-0.05, 0) is 31.2 Å². The van der Waals surface area contributed by atoms with Gasteiger partial charge in [0.1, 0.15) is 12.1 Å². The Hall–Kier alpha value is -1.75. The molecule has 1 heterocycles. The monoisotopic (exact) mass is 207 g/mol. The van der Waals surface area contributed by atoms with Crippen molar-refractivity contribution in [3.05, 3.63) is 24.3 Å². The number of rotatable bonds is 2. The summed E-state index contributed by atoms with van der Waals surface area (Å²) < 4.78 is 0. The fourth-order valence-electron chi connectivity index (χ4n) is 1.43. The number of anilines is 1. The molecule has 2 N–H and O–H groups in total. The van der Waals surface area contributed by atoms with E-state index in [1.807, 2.05) is 6.92 Å². The van der Waals surface area contributed by atoms with E-state index in [2.05, 4.69) is 5.10 Å². The molecular formula is C10H13N3O2. The van der Waals surface area contributed by atoms with Crippen LogP contribution in [0.2, 0.25) is 0 Å². The number of phenolic OH excluding ortho intramolecular Hbond substituents is 1. The SMILES string of the molecule is CCN1C=NN(c2ccc(O)cc2)C1O. The van der Waals surface area contributed by atoms with Gasteiger partial charge < -0.3 is 15.1 Å². The van der Waals surface area contributed by atoms with Gasteiger partial charge in [0.05, 0.1) is 5.69 Å². The van der Waals surface area contributed by atoms with E-state index >= 15 is 0 Å². The van der Waals surface area contributed by atoms with Crippen molar-refractivity contribution < 1.29 is 10.2 Å². The van der Waals surface area contributed by atoms with Crippen LogP contribution in [0.3, 0.4) is 0 Å². The van der Waals surface area contributed by atoms with Crippen LogP contribution in [0, 0.1) is 0 Å². The smallest absolute Gasteiger partial charge is 0.228 e. The highest BCUT2D eigenvalue weighted by Gasteiger charge is 2.25. The number of benzene rings is 1. The van der Waals surface area contributed by atoms with Gasteiger partial charge in [0, 0.05) is 6.54 Å². The van der Waals surface area contributed by atoms with Crippen molar-refractivity contribution in [1.82, 2.24) is 4.90 Å². The molecule has 0 aliphatic carbocycles. The van der Waals surface area contributed by atoms with Crippen molar-refractivity contribution in [1.29, 1.82) is 0 Å². The highest BCUT2D eigenvalue weighted by atomic mass is 16.3. The van der Waals surface area contributed by atoms with Gasteiger partial charge in [-0.2, -0.15) is 5.10 Å². The normalized spacial score (nSPS) is 20.0. The van der Waals surface area contributed by atoms with Crippen molar-refractivity contribution in [3.63, 3.8) is 0 Å². The van der Waals surface area contributed by atoms with Crippen molar-refractivity contribution in [2.75, 3.05) is 11.6 Å². The van der Waals surface area contributed by atoms with Gasteiger partial charge in [0.2, 0.25) is 6.35 Å². The molecule has 5 nitrogen and oxygen atoms in total. The quantitative estimate of drug-likeness (QED) is 0.751. The van der Waals surface area contributed by atoms with Crippen molar-refractivity contribution in [2.45, 2.75) is 13.3 Å². The van der Waals surface area contributed by atoms with Gasteiger partial charge in [-0.25, -0.2) is 5.01 Å². The molecule has 1 aliphatic heterocycles. The molecule has 1 aromatic rings. The van der Waals surface area contributed by atoms with Crippen molar-refractivity contribution in [2.24, 2.45) is 5.10 Å². The van der Waals surface area contributed by atoms with E-state index in [4.69, 9.17) is 5.11 Å². The maximum atomic E-state index is 9.84. The average Bonchev–Trinajstić information content (AvgIpc) is 2.61. The number of nitrogens with zero attached hydrogens (tertiary/aromatic N) is 3. The molecule has 5 heteroatoms. The lowest BCUT2D eigenvalue weighted by molar-refractivity contribution is 0.0707. The Labute approximate surface area is 87.9 Å². The topological polar surface area (TPSA) is 59.3 Å². The molecule has 1 aromatic carbocycles. The number of aromatic hydroxyl groups is 1. The zero-order valence-electron chi connectivity index (χ0n) is 8.41. The van der Waals surface area contributed by atoms with Crippen LogP contribution < -0.4 is 5.01 Å². The summed E-state index contributed by atoms with van der Waals surface area (Å²) in [5, 5.41) is 24.5. The molecule has 15 heavy (non-hydrogen) atoms. The fraction of sp³-hybridized carbons (Fsp3) is 0.300. The van der Waals surface area contributed by atoms with Crippen LogP contribution in [-0.2, 0) is 0 Å². The first-order valence-corrected chi connectivity index (χ1v) is 4.78. The summed E-state index contributed by atoms with van der Waals surface area (Å²) in [7, 11) is 0. The van der Waals surface area contributed by atoms with Gasteiger partial charge in [-0.1, -0.05) is 0 Å². The minimum absolute atomic E-state index is 0.198. The number of hydrogen-bond acceptors (Lipinski definition) is 5. The summed E-state index contributed by atoms with van der Waals surface area (Å²) in [4.78, 5) is 1.70. The number of hydrazone groups is 1. The number of aliphatic hydroxyl groups excluding tert-OH is 1. The van der Waals surface area contributed by atoms with Gasteiger partial charge in [-0.15, -0.1) is 0 Å². The van der Waals surface area contributed by atoms with E-state index in [1.54, 1.807) is 35.5 Å². The maximum Gasteiger partial charge on any atom is 0.228 e. The van der Waals surface area contributed by atoms with E-state index < -0.39 is 6.35 Å². The highest BCUT2D eigenvalue weighted by molar-refractivity contribution is 5.63. The predicted molar refractivity (Wildman–Crippen MR) is 57.5 cm³/mol. The summed E-state index contributed by atoms with van der Waals surface area (Å²) in [5.41, 5.74) is 0.743. The third-order valence-corrected chi connectivity index (χ3v) is 2.32. The molecule has 2 rings (SSSR count). The summed E-state index contributed by atoms with van der Waals surface area (Å²) in [6.45, 7) is 2.63. The summed E-state index contributed by atoms with van der Waals surface area (Å²) in [6.07, 6.45) is 0.830. The molecule has 0 saturated carbocycles. The second kappa shape index (κ2) is 3.78. The molecular weight excluding hydrogens is 194 g/mol. The van der Waals surface area contributed by atoms with Gasteiger partial charge in [-0.3, -0.25) is 0 Å². The lowest BCUT2D eigenvalue weighted by atomic mass is 10.3. The second-order valence-electron chi connectivity index (χ2n) is 3.27. The van der Waals surface area contributed by atoms with Crippen molar-refractivity contribution >= 4 is 12.0 Å². The number of phenols is 1. The van der Waals surface area contributed by atoms with Gasteiger partial charge in [0.15, 0.2) is 0 Å². The summed E-state index contributed by atoms with van der Waals surface area (Å²) in [6, 6.07) is 6.53. The molecule has 0 bridgehead atoms. The molecule has 0 spiro atoms. The largest absolute Gasteiger partial charge is 0.508 e. The number of aliphatic hydroxyl groups is 1. The third kappa shape index (κ3) is 1.73. The van der Waals surface area contributed by atoms with Crippen LogP contribution in [0.15, 0.2) is 29.4 Å². The van der Waals surface area contributed by atoms with E-state index in [0.717, 1.165) is 5.69 Å². The second-order valence-corrected chi connectivity index (χ2v) is 3.27. The minimum atomic E-state index is -0.764.